The fraction of sp³-hybridized carbons (Fsp3) is 1.00. The topological polar surface area (TPSA) is 27.7 Å². The zero-order chi connectivity index (χ0) is 12.0. The molecule has 1 unspecified atom stereocenters. The van der Waals surface area contributed by atoms with E-state index in [9.17, 15) is 0 Å². The Labute approximate surface area is 101 Å². The van der Waals surface area contributed by atoms with Gasteiger partial charge in [0.1, 0.15) is 0 Å². The minimum Gasteiger partial charge on any atom is -0.377 e. The van der Waals surface area contributed by atoms with E-state index in [-0.39, 0.29) is 6.10 Å². The van der Waals surface area contributed by atoms with E-state index >= 15 is 0 Å². The second-order valence-electron chi connectivity index (χ2n) is 4.71. The number of hydrogen-bond donors (Lipinski definition) is 0. The molecule has 0 aromatic rings. The van der Waals surface area contributed by atoms with Gasteiger partial charge in [0.2, 0.25) is 0 Å². The molecule has 0 N–H and O–H groups in total. The molecule has 0 aliphatic heterocycles. The normalized spacial score (nSPS) is 20.2. The van der Waals surface area contributed by atoms with Crippen LogP contribution in [0.1, 0.15) is 52.4 Å². The lowest BCUT2D eigenvalue weighted by Crippen LogP contribution is -2.49. The SMILES string of the molecule is CCCC(C)O[Si](OC)(OC)C1CCCC1. The van der Waals surface area contributed by atoms with E-state index in [0.29, 0.717) is 5.54 Å². The molecule has 96 valence electrons. The third-order valence-corrected chi connectivity index (χ3v) is 6.93. The Bertz CT molecular complexity index is 189. The van der Waals surface area contributed by atoms with Crippen molar-refractivity contribution in [3.05, 3.63) is 0 Å². The average Bonchev–Trinajstić information content (AvgIpc) is 2.80. The van der Waals surface area contributed by atoms with Crippen molar-refractivity contribution in [2.24, 2.45) is 0 Å². The molecule has 0 bridgehead atoms. The fourth-order valence-electron chi connectivity index (χ4n) is 2.63. The molecule has 0 aromatic heterocycles. The molecule has 0 amide bonds. The summed E-state index contributed by atoms with van der Waals surface area (Å²) in [6, 6.07) is 0. The van der Waals surface area contributed by atoms with E-state index in [1.165, 1.54) is 25.7 Å². The van der Waals surface area contributed by atoms with Crippen LogP contribution in [0.25, 0.3) is 0 Å². The van der Waals surface area contributed by atoms with Gasteiger partial charge in [0.15, 0.2) is 0 Å². The first-order valence-corrected chi connectivity index (χ1v) is 8.26. The van der Waals surface area contributed by atoms with Crippen LogP contribution in [-0.2, 0) is 13.3 Å². The fourth-order valence-corrected chi connectivity index (χ4v) is 5.65. The second-order valence-corrected chi connectivity index (χ2v) is 7.79. The van der Waals surface area contributed by atoms with Gasteiger partial charge in [-0.1, -0.05) is 26.2 Å². The van der Waals surface area contributed by atoms with Crippen LogP contribution in [0, 0.1) is 0 Å². The quantitative estimate of drug-likeness (QED) is 0.645. The van der Waals surface area contributed by atoms with Crippen LogP contribution in [0.5, 0.6) is 0 Å². The summed E-state index contributed by atoms with van der Waals surface area (Å²) in [4.78, 5) is 0. The Kier molecular flexibility index (Phi) is 5.96. The Morgan fingerprint density at radius 1 is 1.19 bits per heavy atom. The Balaban J connectivity index is 2.62. The van der Waals surface area contributed by atoms with Gasteiger partial charge in [-0.25, -0.2) is 0 Å². The second kappa shape index (κ2) is 6.74. The van der Waals surface area contributed by atoms with Crippen molar-refractivity contribution in [1.82, 2.24) is 0 Å². The summed E-state index contributed by atoms with van der Waals surface area (Å²) in [5, 5.41) is 0. The summed E-state index contributed by atoms with van der Waals surface area (Å²) in [5.41, 5.74) is 0.516. The van der Waals surface area contributed by atoms with Crippen LogP contribution < -0.4 is 0 Å². The van der Waals surface area contributed by atoms with Crippen LogP contribution >= 0.6 is 0 Å². The summed E-state index contributed by atoms with van der Waals surface area (Å²) in [7, 11) is 1.07. The van der Waals surface area contributed by atoms with Gasteiger partial charge < -0.3 is 13.3 Å². The lowest BCUT2D eigenvalue weighted by molar-refractivity contribution is 0.0498. The van der Waals surface area contributed by atoms with Crippen molar-refractivity contribution >= 4 is 8.80 Å². The standard InChI is InChI=1S/C12H26O3Si/c1-5-8-11(2)15-16(13-3,14-4)12-9-6-7-10-12/h11-12H,5-10H2,1-4H3. The van der Waals surface area contributed by atoms with E-state index < -0.39 is 8.80 Å². The molecule has 16 heavy (non-hydrogen) atoms. The van der Waals surface area contributed by atoms with Gasteiger partial charge in [0.25, 0.3) is 0 Å². The molecule has 1 saturated carbocycles. The average molecular weight is 246 g/mol. The van der Waals surface area contributed by atoms with Crippen molar-refractivity contribution in [1.29, 1.82) is 0 Å². The molecule has 1 aliphatic carbocycles. The first kappa shape index (κ1) is 14.2. The first-order chi connectivity index (χ1) is 7.68. The van der Waals surface area contributed by atoms with Crippen LogP contribution in [-0.4, -0.2) is 29.1 Å². The van der Waals surface area contributed by atoms with E-state index in [0.717, 1.165) is 12.8 Å². The molecule has 3 nitrogen and oxygen atoms in total. The molecule has 1 fully saturated rings. The smallest absolute Gasteiger partial charge is 0.377 e. The van der Waals surface area contributed by atoms with Crippen molar-refractivity contribution in [3.63, 3.8) is 0 Å². The molecule has 0 saturated heterocycles. The van der Waals surface area contributed by atoms with Crippen LogP contribution in [0.15, 0.2) is 0 Å². The number of hydrogen-bond acceptors (Lipinski definition) is 3. The molecule has 4 heteroatoms. The molecule has 1 atom stereocenters. The third-order valence-electron chi connectivity index (χ3n) is 3.48. The van der Waals surface area contributed by atoms with Gasteiger partial charge in [-0.05, 0) is 26.2 Å². The Morgan fingerprint density at radius 2 is 1.75 bits per heavy atom. The van der Waals surface area contributed by atoms with Crippen molar-refractivity contribution in [2.45, 2.75) is 64.0 Å². The molecule has 0 spiro atoms. The van der Waals surface area contributed by atoms with Gasteiger partial charge >= 0.3 is 8.80 Å². The highest BCUT2D eigenvalue weighted by Gasteiger charge is 2.49. The summed E-state index contributed by atoms with van der Waals surface area (Å²) in [5.74, 6) is 0. The third kappa shape index (κ3) is 3.29. The number of rotatable bonds is 7. The molecular formula is C12H26O3Si. The molecule has 0 radical (unpaired) electrons. The predicted octanol–water partition coefficient (Wildman–Crippen LogP) is 3.37. The molecule has 1 rings (SSSR count). The highest BCUT2D eigenvalue weighted by atomic mass is 28.4. The lowest BCUT2D eigenvalue weighted by atomic mass is 10.2. The largest absolute Gasteiger partial charge is 0.503 e. The summed E-state index contributed by atoms with van der Waals surface area (Å²) >= 11 is 0. The van der Waals surface area contributed by atoms with Crippen molar-refractivity contribution in [3.8, 4) is 0 Å². The van der Waals surface area contributed by atoms with E-state index in [4.69, 9.17) is 13.3 Å². The highest BCUT2D eigenvalue weighted by molar-refractivity contribution is 6.62. The van der Waals surface area contributed by atoms with Crippen LogP contribution in [0.3, 0.4) is 0 Å². The van der Waals surface area contributed by atoms with E-state index in [1.807, 2.05) is 0 Å². The van der Waals surface area contributed by atoms with Gasteiger partial charge in [-0.2, -0.15) is 0 Å². The van der Waals surface area contributed by atoms with Crippen LogP contribution in [0.2, 0.25) is 5.54 Å². The van der Waals surface area contributed by atoms with E-state index in [2.05, 4.69) is 13.8 Å². The first-order valence-electron chi connectivity index (χ1n) is 6.46. The maximum absolute atomic E-state index is 6.16. The zero-order valence-electron chi connectivity index (χ0n) is 11.1. The summed E-state index contributed by atoms with van der Waals surface area (Å²) in [6.07, 6.45) is 7.45. The lowest BCUT2D eigenvalue weighted by Gasteiger charge is -2.34. The van der Waals surface area contributed by atoms with E-state index in [1.54, 1.807) is 14.2 Å². The highest BCUT2D eigenvalue weighted by Crippen LogP contribution is 2.40. The Hall–Kier alpha value is 0.0969. The monoisotopic (exact) mass is 246 g/mol. The molecule has 0 heterocycles. The molecular weight excluding hydrogens is 220 g/mol. The zero-order valence-corrected chi connectivity index (χ0v) is 12.1. The maximum atomic E-state index is 6.16. The van der Waals surface area contributed by atoms with Gasteiger partial charge in [0, 0.05) is 25.9 Å². The van der Waals surface area contributed by atoms with Crippen LogP contribution in [0.4, 0.5) is 0 Å². The van der Waals surface area contributed by atoms with Gasteiger partial charge in [-0.3, -0.25) is 0 Å². The van der Waals surface area contributed by atoms with Gasteiger partial charge in [0.05, 0.1) is 0 Å². The summed E-state index contributed by atoms with van der Waals surface area (Å²) in [6.45, 7) is 4.30. The molecule has 0 aromatic carbocycles. The summed E-state index contributed by atoms with van der Waals surface area (Å²) < 4.78 is 17.5. The van der Waals surface area contributed by atoms with Crippen molar-refractivity contribution in [2.75, 3.05) is 14.2 Å². The predicted molar refractivity (Wildman–Crippen MR) is 67.4 cm³/mol. The molecule has 1 aliphatic rings. The minimum atomic E-state index is -2.41. The van der Waals surface area contributed by atoms with Crippen molar-refractivity contribution < 1.29 is 13.3 Å². The van der Waals surface area contributed by atoms with Gasteiger partial charge in [-0.15, -0.1) is 0 Å². The maximum Gasteiger partial charge on any atom is 0.503 e. The minimum absolute atomic E-state index is 0.247. The Morgan fingerprint density at radius 3 is 2.19 bits per heavy atom.